The third kappa shape index (κ3) is 2.01. The number of carbonyl (C=O) groups is 1. The average molecular weight is 260 g/mol. The van der Waals surface area contributed by atoms with Gasteiger partial charge >= 0.3 is 0 Å². The van der Waals surface area contributed by atoms with E-state index in [4.69, 9.17) is 0 Å². The molecule has 1 aromatic carbocycles. The Labute approximate surface area is 110 Å². The number of nitrogens with zero attached hydrogens (tertiary/aromatic N) is 2. The molecule has 94 valence electrons. The second-order valence-electron chi connectivity index (χ2n) is 5.08. The maximum Gasteiger partial charge on any atom is 0.210 e. The molecule has 1 amide bonds. The van der Waals surface area contributed by atoms with E-state index < -0.39 is 0 Å². The van der Waals surface area contributed by atoms with Crippen molar-refractivity contribution >= 4 is 28.0 Å². The van der Waals surface area contributed by atoms with E-state index in [9.17, 15) is 4.79 Å². The van der Waals surface area contributed by atoms with Crippen molar-refractivity contribution in [3.8, 4) is 0 Å². The standard InChI is InChI=1S/C14H16N2OS/c1-10-2-4-13(16(7-10)9-17)11-3-5-14-12(6-11)15-8-18-14/h3,5-6,8-10,13H,2,4,7H2,1H3/t10-,13+/m0/s1. The van der Waals surface area contributed by atoms with Gasteiger partial charge in [-0.05, 0) is 36.5 Å². The van der Waals surface area contributed by atoms with E-state index in [0.29, 0.717) is 5.92 Å². The van der Waals surface area contributed by atoms with Crippen molar-refractivity contribution in [1.29, 1.82) is 0 Å². The van der Waals surface area contributed by atoms with Crippen molar-refractivity contribution in [3.05, 3.63) is 29.3 Å². The predicted molar refractivity (Wildman–Crippen MR) is 73.5 cm³/mol. The Bertz CT molecular complexity index is 566. The van der Waals surface area contributed by atoms with Gasteiger partial charge in [0.1, 0.15) is 0 Å². The number of carbonyl (C=O) groups excluding carboxylic acids is 1. The lowest BCUT2D eigenvalue weighted by atomic mass is 9.90. The monoisotopic (exact) mass is 260 g/mol. The zero-order valence-corrected chi connectivity index (χ0v) is 11.2. The first-order valence-corrected chi connectivity index (χ1v) is 7.20. The van der Waals surface area contributed by atoms with Crippen LogP contribution < -0.4 is 0 Å². The van der Waals surface area contributed by atoms with Crippen molar-refractivity contribution in [2.75, 3.05) is 6.54 Å². The van der Waals surface area contributed by atoms with Gasteiger partial charge in [0.15, 0.2) is 0 Å². The van der Waals surface area contributed by atoms with Crippen LogP contribution in [0.1, 0.15) is 31.4 Å². The molecule has 1 aliphatic heterocycles. The van der Waals surface area contributed by atoms with Gasteiger partial charge in [-0.25, -0.2) is 4.98 Å². The molecule has 18 heavy (non-hydrogen) atoms. The number of hydrogen-bond donors (Lipinski definition) is 0. The van der Waals surface area contributed by atoms with Crippen molar-refractivity contribution in [1.82, 2.24) is 9.88 Å². The van der Waals surface area contributed by atoms with Gasteiger partial charge in [-0.3, -0.25) is 4.79 Å². The van der Waals surface area contributed by atoms with Crippen LogP contribution in [0.2, 0.25) is 0 Å². The number of thiazole rings is 1. The molecule has 1 aromatic heterocycles. The number of piperidine rings is 1. The molecule has 2 aromatic rings. The summed E-state index contributed by atoms with van der Waals surface area (Å²) in [7, 11) is 0. The molecule has 2 atom stereocenters. The Balaban J connectivity index is 1.94. The van der Waals surface area contributed by atoms with Gasteiger partial charge in [0, 0.05) is 6.54 Å². The largest absolute Gasteiger partial charge is 0.338 e. The summed E-state index contributed by atoms with van der Waals surface area (Å²) in [5, 5.41) is 0. The lowest BCUT2D eigenvalue weighted by molar-refractivity contribution is -0.122. The van der Waals surface area contributed by atoms with E-state index in [1.165, 1.54) is 16.7 Å². The van der Waals surface area contributed by atoms with Crippen LogP contribution >= 0.6 is 11.3 Å². The van der Waals surface area contributed by atoms with Crippen LogP contribution in [0.3, 0.4) is 0 Å². The summed E-state index contributed by atoms with van der Waals surface area (Å²) < 4.78 is 1.21. The Morgan fingerprint density at radius 3 is 3.17 bits per heavy atom. The van der Waals surface area contributed by atoms with Gasteiger partial charge in [-0.15, -0.1) is 11.3 Å². The molecule has 4 heteroatoms. The van der Waals surface area contributed by atoms with E-state index >= 15 is 0 Å². The number of rotatable bonds is 2. The summed E-state index contributed by atoms with van der Waals surface area (Å²) in [6.45, 7) is 3.07. The van der Waals surface area contributed by atoms with E-state index in [1.807, 2.05) is 10.4 Å². The molecule has 3 nitrogen and oxygen atoms in total. The highest BCUT2D eigenvalue weighted by molar-refractivity contribution is 7.16. The van der Waals surface area contributed by atoms with Gasteiger partial charge in [0.05, 0.1) is 21.8 Å². The van der Waals surface area contributed by atoms with Crippen LogP contribution in [0.4, 0.5) is 0 Å². The van der Waals surface area contributed by atoms with Gasteiger partial charge in [0.2, 0.25) is 6.41 Å². The molecule has 1 saturated heterocycles. The first kappa shape index (κ1) is 11.7. The third-order valence-corrected chi connectivity index (χ3v) is 4.54. The van der Waals surface area contributed by atoms with Gasteiger partial charge in [-0.2, -0.15) is 0 Å². The Morgan fingerprint density at radius 2 is 2.33 bits per heavy atom. The van der Waals surface area contributed by atoms with Crippen LogP contribution in [-0.4, -0.2) is 22.8 Å². The van der Waals surface area contributed by atoms with Gasteiger partial charge < -0.3 is 4.90 Å². The lowest BCUT2D eigenvalue weighted by Gasteiger charge is -2.36. The first-order chi connectivity index (χ1) is 8.78. The van der Waals surface area contributed by atoms with Crippen molar-refractivity contribution in [2.45, 2.75) is 25.8 Å². The minimum absolute atomic E-state index is 0.227. The molecule has 0 unspecified atom stereocenters. The molecule has 3 rings (SSSR count). The second-order valence-corrected chi connectivity index (χ2v) is 5.97. The third-order valence-electron chi connectivity index (χ3n) is 3.73. The van der Waals surface area contributed by atoms with Crippen LogP contribution in [0.5, 0.6) is 0 Å². The topological polar surface area (TPSA) is 33.2 Å². The molecule has 1 aliphatic rings. The minimum Gasteiger partial charge on any atom is -0.338 e. The number of aromatic nitrogens is 1. The zero-order chi connectivity index (χ0) is 12.5. The Hall–Kier alpha value is -1.42. The Kier molecular flexibility index (Phi) is 3.04. The fourth-order valence-electron chi connectivity index (χ4n) is 2.74. The zero-order valence-electron chi connectivity index (χ0n) is 10.4. The number of fused-ring (bicyclic) bond motifs is 1. The normalized spacial score (nSPS) is 24.4. The van der Waals surface area contributed by atoms with Crippen LogP contribution in [0.15, 0.2) is 23.7 Å². The van der Waals surface area contributed by atoms with E-state index in [0.717, 1.165) is 24.9 Å². The van der Waals surface area contributed by atoms with Gasteiger partial charge in [-0.1, -0.05) is 13.0 Å². The molecule has 0 bridgehead atoms. The number of benzene rings is 1. The summed E-state index contributed by atoms with van der Waals surface area (Å²) >= 11 is 1.66. The summed E-state index contributed by atoms with van der Waals surface area (Å²) in [5.74, 6) is 0.606. The van der Waals surface area contributed by atoms with Crippen LogP contribution in [0.25, 0.3) is 10.2 Å². The lowest BCUT2D eigenvalue weighted by Crippen LogP contribution is -2.36. The summed E-state index contributed by atoms with van der Waals surface area (Å²) in [6.07, 6.45) is 3.23. The molecule has 0 saturated carbocycles. The fraction of sp³-hybridized carbons (Fsp3) is 0.429. The summed E-state index contributed by atoms with van der Waals surface area (Å²) in [6, 6.07) is 6.61. The summed E-state index contributed by atoms with van der Waals surface area (Å²) in [5.41, 5.74) is 4.13. The number of hydrogen-bond acceptors (Lipinski definition) is 3. The Morgan fingerprint density at radius 1 is 1.44 bits per heavy atom. The number of likely N-dealkylation sites (tertiary alicyclic amines) is 1. The number of amides is 1. The quantitative estimate of drug-likeness (QED) is 0.777. The van der Waals surface area contributed by atoms with Crippen LogP contribution in [0, 0.1) is 5.92 Å². The van der Waals surface area contributed by atoms with Gasteiger partial charge in [0.25, 0.3) is 0 Å². The molecule has 0 spiro atoms. The SMILES string of the molecule is C[C@H]1CC[C@H](c2ccc3scnc3c2)N(C=O)C1. The molecule has 1 fully saturated rings. The van der Waals surface area contributed by atoms with Crippen molar-refractivity contribution < 1.29 is 4.79 Å². The molecule has 2 heterocycles. The highest BCUT2D eigenvalue weighted by Gasteiger charge is 2.26. The minimum atomic E-state index is 0.227. The smallest absolute Gasteiger partial charge is 0.210 e. The van der Waals surface area contributed by atoms with Crippen molar-refractivity contribution in [3.63, 3.8) is 0 Å². The summed E-state index contributed by atoms with van der Waals surface area (Å²) in [4.78, 5) is 17.5. The second kappa shape index (κ2) is 4.69. The average Bonchev–Trinajstić information content (AvgIpc) is 2.85. The molecular formula is C14H16N2OS. The predicted octanol–water partition coefficient (Wildman–Crippen LogP) is 3.23. The highest BCUT2D eigenvalue weighted by atomic mass is 32.1. The van der Waals surface area contributed by atoms with Crippen molar-refractivity contribution in [2.24, 2.45) is 5.92 Å². The molecular weight excluding hydrogens is 244 g/mol. The molecule has 0 radical (unpaired) electrons. The molecule has 0 N–H and O–H groups in total. The first-order valence-electron chi connectivity index (χ1n) is 6.32. The van der Waals surface area contributed by atoms with E-state index in [-0.39, 0.29) is 6.04 Å². The highest BCUT2D eigenvalue weighted by Crippen LogP contribution is 2.33. The van der Waals surface area contributed by atoms with Crippen LogP contribution in [-0.2, 0) is 4.79 Å². The maximum atomic E-state index is 11.2. The molecule has 0 aliphatic carbocycles. The maximum absolute atomic E-state index is 11.2. The fourth-order valence-corrected chi connectivity index (χ4v) is 3.40. The van der Waals surface area contributed by atoms with E-state index in [2.05, 4.69) is 30.1 Å². The van der Waals surface area contributed by atoms with E-state index in [1.54, 1.807) is 11.3 Å².